The molecule has 0 saturated heterocycles. The highest BCUT2D eigenvalue weighted by molar-refractivity contribution is 5.89. The Morgan fingerprint density at radius 3 is 2.59 bits per heavy atom. The van der Waals surface area contributed by atoms with Crippen molar-refractivity contribution in [1.29, 1.82) is 5.26 Å². The molecule has 1 rings (SSSR count). The summed E-state index contributed by atoms with van der Waals surface area (Å²) in [4.78, 5) is 24.0. The van der Waals surface area contributed by atoms with E-state index in [4.69, 9.17) is 4.74 Å². The second kappa shape index (κ2) is 7.88. The maximum Gasteiger partial charge on any atom is 0.509 e. The number of rotatable bonds is 5. The van der Waals surface area contributed by atoms with Gasteiger partial charge in [-0.2, -0.15) is 5.26 Å². The second-order valence-electron chi connectivity index (χ2n) is 4.62. The van der Waals surface area contributed by atoms with E-state index in [0.717, 1.165) is 0 Å². The number of methoxy groups -OCH3 is 1. The number of carbonyl (C=O) groups excluding carboxylic acids is 2. The van der Waals surface area contributed by atoms with Crippen molar-refractivity contribution in [2.45, 2.75) is 33.0 Å². The van der Waals surface area contributed by atoms with Gasteiger partial charge in [-0.1, -0.05) is 6.07 Å². The van der Waals surface area contributed by atoms with Gasteiger partial charge in [-0.15, -0.1) is 0 Å². The monoisotopic (exact) mass is 305 g/mol. The van der Waals surface area contributed by atoms with Crippen LogP contribution < -0.4 is 10.2 Å². The van der Waals surface area contributed by atoms with E-state index in [0.29, 0.717) is 11.4 Å². The van der Waals surface area contributed by atoms with E-state index < -0.39 is 18.4 Å². The number of amides is 1. The van der Waals surface area contributed by atoms with Crippen molar-refractivity contribution in [2.75, 3.05) is 17.3 Å². The van der Waals surface area contributed by atoms with Crippen LogP contribution in [0.15, 0.2) is 24.3 Å². The lowest BCUT2D eigenvalue weighted by molar-refractivity contribution is -0.114. The van der Waals surface area contributed by atoms with Gasteiger partial charge in [-0.25, -0.2) is 4.79 Å². The first-order chi connectivity index (χ1) is 10.4. The lowest BCUT2D eigenvalue weighted by Crippen LogP contribution is -2.42. The number of nitrogens with one attached hydrogen (secondary N) is 1. The number of hydrogen-bond acceptors (Lipinski definition) is 6. The summed E-state index contributed by atoms with van der Waals surface area (Å²) >= 11 is 0. The zero-order valence-corrected chi connectivity index (χ0v) is 13.0. The molecule has 0 spiro atoms. The molecule has 22 heavy (non-hydrogen) atoms. The van der Waals surface area contributed by atoms with Gasteiger partial charge in [0, 0.05) is 18.3 Å². The Labute approximate surface area is 129 Å². The van der Waals surface area contributed by atoms with Crippen LogP contribution in [-0.2, 0) is 14.3 Å². The van der Waals surface area contributed by atoms with E-state index in [2.05, 4.69) is 16.1 Å². The molecule has 1 N–H and O–H groups in total. The van der Waals surface area contributed by atoms with Crippen molar-refractivity contribution in [3.63, 3.8) is 0 Å². The van der Waals surface area contributed by atoms with E-state index in [1.165, 1.54) is 14.0 Å². The fraction of sp³-hybridized carbons (Fsp3) is 0.400. The maximum absolute atomic E-state index is 11.3. The molecule has 0 fully saturated rings. The number of hydrogen-bond donors (Lipinski definition) is 1. The number of ether oxygens (including phenoxy) is 2. The lowest BCUT2D eigenvalue weighted by atomic mass is 10.2. The average molecular weight is 305 g/mol. The van der Waals surface area contributed by atoms with Crippen LogP contribution in [-0.4, -0.2) is 31.4 Å². The summed E-state index contributed by atoms with van der Waals surface area (Å²) in [5.74, 6) is -0.198. The SMILES string of the molecule is COC(=O)OC(C)N(c1cccc(NC(C)=O)c1)C(C)C#N. The Kier molecular flexibility index (Phi) is 6.20. The molecule has 7 heteroatoms. The molecular weight excluding hydrogens is 286 g/mol. The number of anilines is 2. The van der Waals surface area contributed by atoms with Gasteiger partial charge in [-0.05, 0) is 32.0 Å². The third kappa shape index (κ3) is 4.66. The fourth-order valence-electron chi connectivity index (χ4n) is 2.00. The average Bonchev–Trinajstić information content (AvgIpc) is 2.46. The summed E-state index contributed by atoms with van der Waals surface area (Å²) in [5, 5.41) is 11.9. The Balaban J connectivity index is 3.09. The summed E-state index contributed by atoms with van der Waals surface area (Å²) in [7, 11) is 1.21. The molecule has 1 aromatic carbocycles. The van der Waals surface area contributed by atoms with Crippen LogP contribution in [0.3, 0.4) is 0 Å². The minimum Gasteiger partial charge on any atom is -0.438 e. The highest BCUT2D eigenvalue weighted by atomic mass is 16.7. The van der Waals surface area contributed by atoms with E-state index in [-0.39, 0.29) is 5.91 Å². The molecule has 0 aliphatic carbocycles. The molecule has 1 amide bonds. The van der Waals surface area contributed by atoms with Crippen LogP contribution in [0.4, 0.5) is 16.2 Å². The van der Waals surface area contributed by atoms with E-state index in [9.17, 15) is 14.9 Å². The Hall–Kier alpha value is -2.75. The van der Waals surface area contributed by atoms with Crippen LogP contribution in [0, 0.1) is 11.3 Å². The second-order valence-corrected chi connectivity index (χ2v) is 4.62. The van der Waals surface area contributed by atoms with Gasteiger partial charge in [0.05, 0.1) is 13.2 Å². The molecule has 118 valence electrons. The van der Waals surface area contributed by atoms with Gasteiger partial charge in [0.2, 0.25) is 5.91 Å². The molecule has 2 unspecified atom stereocenters. The van der Waals surface area contributed by atoms with Gasteiger partial charge in [0.1, 0.15) is 6.04 Å². The number of nitrogens with zero attached hydrogens (tertiary/aromatic N) is 2. The third-order valence-corrected chi connectivity index (χ3v) is 2.89. The minimum atomic E-state index is -0.833. The highest BCUT2D eigenvalue weighted by Gasteiger charge is 2.24. The molecule has 0 bridgehead atoms. The Morgan fingerprint density at radius 2 is 2.05 bits per heavy atom. The van der Waals surface area contributed by atoms with Crippen molar-refractivity contribution >= 4 is 23.4 Å². The first kappa shape index (κ1) is 17.3. The van der Waals surface area contributed by atoms with E-state index >= 15 is 0 Å². The zero-order chi connectivity index (χ0) is 16.7. The molecule has 7 nitrogen and oxygen atoms in total. The van der Waals surface area contributed by atoms with Crippen LogP contribution in [0.5, 0.6) is 0 Å². The Morgan fingerprint density at radius 1 is 1.36 bits per heavy atom. The summed E-state index contributed by atoms with van der Waals surface area (Å²) in [6.07, 6.45) is -1.55. The maximum atomic E-state index is 11.3. The molecule has 2 atom stereocenters. The number of nitriles is 1. The highest BCUT2D eigenvalue weighted by Crippen LogP contribution is 2.24. The van der Waals surface area contributed by atoms with E-state index in [1.54, 1.807) is 43.0 Å². The smallest absolute Gasteiger partial charge is 0.438 e. The number of benzene rings is 1. The Bertz CT molecular complexity index is 582. The predicted octanol–water partition coefficient (Wildman–Crippen LogP) is 2.49. The van der Waals surface area contributed by atoms with Gasteiger partial charge in [-0.3, -0.25) is 4.79 Å². The standard InChI is InChI=1S/C15H19N3O4/c1-10(9-16)18(12(3)22-15(20)21-4)14-7-5-6-13(8-14)17-11(2)19/h5-8,10,12H,1-4H3,(H,17,19). The van der Waals surface area contributed by atoms with Crippen molar-refractivity contribution in [3.8, 4) is 6.07 Å². The number of carbonyl (C=O) groups is 2. The van der Waals surface area contributed by atoms with Crippen LogP contribution >= 0.6 is 0 Å². The summed E-state index contributed by atoms with van der Waals surface area (Å²) < 4.78 is 9.56. The summed E-state index contributed by atoms with van der Waals surface area (Å²) in [6, 6.07) is 8.48. The van der Waals surface area contributed by atoms with Crippen LogP contribution in [0.2, 0.25) is 0 Å². The molecule has 0 aliphatic heterocycles. The zero-order valence-electron chi connectivity index (χ0n) is 13.0. The van der Waals surface area contributed by atoms with Crippen molar-refractivity contribution in [3.05, 3.63) is 24.3 Å². The van der Waals surface area contributed by atoms with E-state index in [1.807, 2.05) is 0 Å². The topological polar surface area (TPSA) is 91.7 Å². The van der Waals surface area contributed by atoms with Crippen LogP contribution in [0.1, 0.15) is 20.8 Å². The normalized spacial score (nSPS) is 12.5. The van der Waals surface area contributed by atoms with Crippen molar-refractivity contribution < 1.29 is 19.1 Å². The largest absolute Gasteiger partial charge is 0.509 e. The minimum absolute atomic E-state index is 0.198. The molecule has 0 heterocycles. The molecule has 0 aromatic heterocycles. The molecule has 1 aromatic rings. The first-order valence-electron chi connectivity index (χ1n) is 6.69. The van der Waals surface area contributed by atoms with Gasteiger partial charge >= 0.3 is 6.16 Å². The molecule has 0 aliphatic rings. The quantitative estimate of drug-likeness (QED) is 0.663. The van der Waals surface area contributed by atoms with Crippen molar-refractivity contribution in [2.24, 2.45) is 0 Å². The van der Waals surface area contributed by atoms with Gasteiger partial charge < -0.3 is 19.7 Å². The molecular formula is C15H19N3O4. The molecule has 0 radical (unpaired) electrons. The third-order valence-electron chi connectivity index (χ3n) is 2.89. The summed E-state index contributed by atoms with van der Waals surface area (Å²) in [6.45, 7) is 4.73. The van der Waals surface area contributed by atoms with Crippen molar-refractivity contribution in [1.82, 2.24) is 0 Å². The first-order valence-corrected chi connectivity index (χ1v) is 6.69. The summed E-state index contributed by atoms with van der Waals surface area (Å²) in [5.41, 5.74) is 1.22. The van der Waals surface area contributed by atoms with Gasteiger partial charge in [0.25, 0.3) is 0 Å². The predicted molar refractivity (Wildman–Crippen MR) is 81.3 cm³/mol. The lowest BCUT2D eigenvalue weighted by Gasteiger charge is -2.32. The molecule has 0 saturated carbocycles. The fourth-order valence-corrected chi connectivity index (χ4v) is 2.00. The van der Waals surface area contributed by atoms with Gasteiger partial charge in [0.15, 0.2) is 6.23 Å². The van der Waals surface area contributed by atoms with Crippen LogP contribution in [0.25, 0.3) is 0 Å².